The Morgan fingerprint density at radius 2 is 1.89 bits per heavy atom. The van der Waals surface area contributed by atoms with Crippen LogP contribution in [0, 0.1) is 23.2 Å². The number of benzene rings is 1. The molecule has 0 aromatic heterocycles. The number of hydrogen-bond donors (Lipinski definition) is 1. The van der Waals surface area contributed by atoms with E-state index in [-0.39, 0.29) is 5.91 Å². The number of nitrogens with one attached hydrogen (secondary N) is 1. The summed E-state index contributed by atoms with van der Waals surface area (Å²) in [5.74, 6) is -0.255. The van der Waals surface area contributed by atoms with Crippen molar-refractivity contribution in [2.75, 3.05) is 6.54 Å². The zero-order valence-electron chi connectivity index (χ0n) is 11.7. The molecule has 1 amide bonds. The molecule has 0 radical (unpaired) electrons. The molecule has 0 aliphatic rings. The van der Waals surface area contributed by atoms with Gasteiger partial charge in [-0.15, -0.1) is 0 Å². The predicted octanol–water partition coefficient (Wildman–Crippen LogP) is 2.92. The number of amides is 1. The van der Waals surface area contributed by atoms with Crippen LogP contribution >= 0.6 is 0 Å². The molecular weight excluding hydrogens is 236 g/mol. The molecule has 1 rings (SSSR count). The fraction of sp³-hybridized carbons (Fsp3) is 0.500. The van der Waals surface area contributed by atoms with Gasteiger partial charge in [0.15, 0.2) is 0 Å². The van der Waals surface area contributed by atoms with Gasteiger partial charge in [0.25, 0.3) is 0 Å². The third kappa shape index (κ3) is 5.13. The van der Waals surface area contributed by atoms with Gasteiger partial charge in [-0.05, 0) is 17.9 Å². The summed E-state index contributed by atoms with van der Waals surface area (Å²) in [6, 6.07) is 11.8. The van der Waals surface area contributed by atoms with Crippen molar-refractivity contribution in [1.82, 2.24) is 5.32 Å². The lowest BCUT2D eigenvalue weighted by atomic mass is 9.99. The Morgan fingerprint density at radius 3 is 2.42 bits per heavy atom. The molecule has 0 bridgehead atoms. The van der Waals surface area contributed by atoms with Gasteiger partial charge in [-0.1, -0.05) is 57.0 Å². The standard InChI is InChI=1S/C16H22N2O/c1-3-13(4-2)12-18-16(19)15(11-17)10-14-8-6-5-7-9-14/h5-9,13,15H,3-4,10,12H2,1-2H3,(H,18,19). The van der Waals surface area contributed by atoms with Gasteiger partial charge in [0, 0.05) is 6.54 Å². The fourth-order valence-electron chi connectivity index (χ4n) is 1.99. The summed E-state index contributed by atoms with van der Waals surface area (Å²) in [5.41, 5.74) is 1.02. The molecule has 0 fully saturated rings. The maximum Gasteiger partial charge on any atom is 0.237 e. The van der Waals surface area contributed by atoms with Gasteiger partial charge >= 0.3 is 0 Å². The molecule has 3 nitrogen and oxygen atoms in total. The Bertz CT molecular complexity index is 418. The first-order valence-corrected chi connectivity index (χ1v) is 6.92. The Hall–Kier alpha value is -1.82. The summed E-state index contributed by atoms with van der Waals surface area (Å²) >= 11 is 0. The first kappa shape index (κ1) is 15.2. The molecule has 1 aromatic rings. The van der Waals surface area contributed by atoms with E-state index in [2.05, 4.69) is 25.2 Å². The van der Waals surface area contributed by atoms with E-state index in [0.717, 1.165) is 18.4 Å². The minimum Gasteiger partial charge on any atom is -0.355 e. The van der Waals surface area contributed by atoms with E-state index in [0.29, 0.717) is 18.9 Å². The number of nitriles is 1. The van der Waals surface area contributed by atoms with E-state index in [9.17, 15) is 4.79 Å². The largest absolute Gasteiger partial charge is 0.355 e. The van der Waals surface area contributed by atoms with Crippen molar-refractivity contribution in [3.63, 3.8) is 0 Å². The minimum absolute atomic E-state index is 0.154. The number of carbonyl (C=O) groups excluding carboxylic acids is 1. The number of rotatable bonds is 7. The normalized spacial score (nSPS) is 11.9. The van der Waals surface area contributed by atoms with Crippen LogP contribution in [0.15, 0.2) is 30.3 Å². The number of carbonyl (C=O) groups is 1. The van der Waals surface area contributed by atoms with Crippen molar-refractivity contribution in [2.24, 2.45) is 11.8 Å². The van der Waals surface area contributed by atoms with E-state index in [1.54, 1.807) is 0 Å². The molecule has 1 N–H and O–H groups in total. The molecule has 0 saturated carbocycles. The first-order chi connectivity index (χ1) is 9.21. The first-order valence-electron chi connectivity index (χ1n) is 6.92. The van der Waals surface area contributed by atoms with Crippen LogP contribution in [-0.2, 0) is 11.2 Å². The molecule has 0 heterocycles. The highest BCUT2D eigenvalue weighted by Gasteiger charge is 2.18. The van der Waals surface area contributed by atoms with Crippen LogP contribution in [0.1, 0.15) is 32.3 Å². The van der Waals surface area contributed by atoms with Crippen molar-refractivity contribution in [3.8, 4) is 6.07 Å². The summed E-state index contributed by atoms with van der Waals surface area (Å²) in [7, 11) is 0. The number of nitrogens with zero attached hydrogens (tertiary/aromatic N) is 1. The molecule has 0 aliphatic carbocycles. The molecule has 102 valence electrons. The Morgan fingerprint density at radius 1 is 1.26 bits per heavy atom. The molecule has 1 aromatic carbocycles. The second-order valence-electron chi connectivity index (χ2n) is 4.80. The Balaban J connectivity index is 2.51. The van der Waals surface area contributed by atoms with Crippen LogP contribution in [0.25, 0.3) is 0 Å². The van der Waals surface area contributed by atoms with E-state index in [4.69, 9.17) is 5.26 Å². The van der Waals surface area contributed by atoms with Gasteiger partial charge in [0.1, 0.15) is 5.92 Å². The summed E-state index contributed by atoms with van der Waals surface area (Å²) in [6.45, 7) is 4.90. The van der Waals surface area contributed by atoms with E-state index in [1.807, 2.05) is 30.3 Å². The molecule has 0 aliphatic heterocycles. The molecule has 3 heteroatoms. The lowest BCUT2D eigenvalue weighted by molar-refractivity contribution is -0.123. The average molecular weight is 258 g/mol. The highest BCUT2D eigenvalue weighted by atomic mass is 16.1. The maximum absolute atomic E-state index is 12.0. The third-order valence-electron chi connectivity index (χ3n) is 3.47. The van der Waals surface area contributed by atoms with Gasteiger partial charge in [0.2, 0.25) is 5.91 Å². The van der Waals surface area contributed by atoms with Crippen molar-refractivity contribution in [3.05, 3.63) is 35.9 Å². The lowest BCUT2D eigenvalue weighted by Crippen LogP contribution is -2.34. The van der Waals surface area contributed by atoms with E-state index >= 15 is 0 Å². The Labute approximate surface area is 115 Å². The highest BCUT2D eigenvalue weighted by Crippen LogP contribution is 2.10. The van der Waals surface area contributed by atoms with Crippen molar-refractivity contribution in [2.45, 2.75) is 33.1 Å². The van der Waals surface area contributed by atoms with E-state index in [1.165, 1.54) is 0 Å². The van der Waals surface area contributed by atoms with Gasteiger partial charge in [-0.2, -0.15) is 5.26 Å². The SMILES string of the molecule is CCC(CC)CNC(=O)C(C#N)Cc1ccccc1. The van der Waals surface area contributed by atoms with Crippen LogP contribution < -0.4 is 5.32 Å². The zero-order valence-corrected chi connectivity index (χ0v) is 11.7. The third-order valence-corrected chi connectivity index (χ3v) is 3.47. The van der Waals surface area contributed by atoms with Crippen LogP contribution in [0.2, 0.25) is 0 Å². The topological polar surface area (TPSA) is 52.9 Å². The second kappa shape index (κ2) is 8.31. The van der Waals surface area contributed by atoms with Gasteiger partial charge in [0.05, 0.1) is 6.07 Å². The maximum atomic E-state index is 12.0. The summed E-state index contributed by atoms with van der Waals surface area (Å²) in [4.78, 5) is 12.0. The highest BCUT2D eigenvalue weighted by molar-refractivity contribution is 5.81. The minimum atomic E-state index is -0.600. The molecule has 0 saturated heterocycles. The van der Waals surface area contributed by atoms with Gasteiger partial charge in [-0.3, -0.25) is 4.79 Å². The number of hydrogen-bond acceptors (Lipinski definition) is 2. The van der Waals surface area contributed by atoms with E-state index < -0.39 is 5.92 Å². The van der Waals surface area contributed by atoms with Crippen molar-refractivity contribution in [1.29, 1.82) is 5.26 Å². The molecule has 1 atom stereocenters. The summed E-state index contributed by atoms with van der Waals surface area (Å²) in [5, 5.41) is 12.0. The second-order valence-corrected chi connectivity index (χ2v) is 4.80. The zero-order chi connectivity index (χ0) is 14.1. The van der Waals surface area contributed by atoms with Crippen LogP contribution in [0.5, 0.6) is 0 Å². The molecule has 1 unspecified atom stereocenters. The molecule has 19 heavy (non-hydrogen) atoms. The smallest absolute Gasteiger partial charge is 0.237 e. The van der Waals surface area contributed by atoms with Crippen molar-refractivity contribution >= 4 is 5.91 Å². The van der Waals surface area contributed by atoms with Gasteiger partial charge in [-0.25, -0.2) is 0 Å². The van der Waals surface area contributed by atoms with Crippen LogP contribution in [0.3, 0.4) is 0 Å². The quantitative estimate of drug-likeness (QED) is 0.817. The van der Waals surface area contributed by atoms with Gasteiger partial charge < -0.3 is 5.32 Å². The summed E-state index contributed by atoms with van der Waals surface area (Å²) < 4.78 is 0. The fourth-order valence-corrected chi connectivity index (χ4v) is 1.99. The van der Waals surface area contributed by atoms with Crippen LogP contribution in [-0.4, -0.2) is 12.5 Å². The summed E-state index contributed by atoms with van der Waals surface area (Å²) in [6.07, 6.45) is 2.57. The monoisotopic (exact) mass is 258 g/mol. The average Bonchev–Trinajstić information content (AvgIpc) is 2.46. The van der Waals surface area contributed by atoms with Crippen LogP contribution in [0.4, 0.5) is 0 Å². The lowest BCUT2D eigenvalue weighted by Gasteiger charge is -2.15. The molecule has 0 spiro atoms. The Kier molecular flexibility index (Phi) is 6.67. The van der Waals surface area contributed by atoms with Crippen molar-refractivity contribution < 1.29 is 4.79 Å². The predicted molar refractivity (Wildman–Crippen MR) is 76.3 cm³/mol. The molecular formula is C16H22N2O.